The summed E-state index contributed by atoms with van der Waals surface area (Å²) in [6.07, 6.45) is 0. The molecule has 0 saturated carbocycles. The van der Waals surface area contributed by atoms with Crippen molar-refractivity contribution in [3.8, 4) is 22.8 Å². The molecule has 0 amide bonds. The Labute approximate surface area is 156 Å². The Morgan fingerprint density at radius 3 is 2.38 bits per heavy atom. The first-order chi connectivity index (χ1) is 12.7. The second-order valence-corrected chi connectivity index (χ2v) is 6.56. The topological polar surface area (TPSA) is 55.5 Å². The predicted octanol–water partition coefficient (Wildman–Crippen LogP) is 3.07. The summed E-state index contributed by atoms with van der Waals surface area (Å²) >= 11 is 5.75. The van der Waals surface area contributed by atoms with E-state index in [9.17, 15) is 5.11 Å². The number of phenolic OH excluding ortho intramolecular Hbond substituents is 1. The van der Waals surface area contributed by atoms with Crippen LogP contribution in [0, 0.1) is 4.77 Å². The van der Waals surface area contributed by atoms with Crippen molar-refractivity contribution in [3.05, 3.63) is 59.4 Å². The Kier molecular flexibility index (Phi) is 4.83. The van der Waals surface area contributed by atoms with Gasteiger partial charge in [0.15, 0.2) is 5.82 Å². The smallest absolute Gasteiger partial charge is 0.204 e. The van der Waals surface area contributed by atoms with Gasteiger partial charge < -0.3 is 9.84 Å². The van der Waals surface area contributed by atoms with Gasteiger partial charge in [-0.1, -0.05) is 18.2 Å². The number of hydrogen-bond donors (Lipinski definition) is 1. The fourth-order valence-electron chi connectivity index (χ4n) is 3.04. The van der Waals surface area contributed by atoms with Gasteiger partial charge >= 0.3 is 0 Å². The third-order valence-electron chi connectivity index (χ3n) is 4.42. The summed E-state index contributed by atoms with van der Waals surface area (Å²) in [7, 11) is 0. The first-order valence-corrected chi connectivity index (χ1v) is 8.98. The maximum absolute atomic E-state index is 9.59. The van der Waals surface area contributed by atoms with Crippen molar-refractivity contribution in [3.63, 3.8) is 0 Å². The molecule has 3 aromatic rings. The van der Waals surface area contributed by atoms with Crippen LogP contribution in [0.3, 0.4) is 0 Å². The molecule has 4 rings (SSSR count). The zero-order valence-corrected chi connectivity index (χ0v) is 15.1. The zero-order valence-electron chi connectivity index (χ0n) is 14.3. The van der Waals surface area contributed by atoms with Gasteiger partial charge in [0.1, 0.15) is 5.75 Å². The van der Waals surface area contributed by atoms with Gasteiger partial charge in [-0.15, -0.1) is 5.10 Å². The van der Waals surface area contributed by atoms with Gasteiger partial charge in [-0.3, -0.25) is 9.47 Å². The average Bonchev–Trinajstić information content (AvgIpc) is 3.00. The highest BCUT2D eigenvalue weighted by Crippen LogP contribution is 2.24. The van der Waals surface area contributed by atoms with Crippen molar-refractivity contribution in [2.75, 3.05) is 26.3 Å². The Balaban J connectivity index is 1.79. The van der Waals surface area contributed by atoms with Gasteiger partial charge in [0, 0.05) is 24.3 Å². The molecule has 2 heterocycles. The molecule has 134 valence electrons. The van der Waals surface area contributed by atoms with Crippen molar-refractivity contribution in [2.24, 2.45) is 0 Å². The molecule has 1 fully saturated rings. The lowest BCUT2D eigenvalue weighted by atomic mass is 10.2. The largest absolute Gasteiger partial charge is 0.508 e. The summed E-state index contributed by atoms with van der Waals surface area (Å²) in [5.74, 6) is 0.987. The SMILES string of the molecule is Oc1ccc(-c2nn(CN3CCOCC3)c(=S)n2-c2ccccc2)cc1. The highest BCUT2D eigenvalue weighted by Gasteiger charge is 2.17. The number of nitrogens with zero attached hydrogens (tertiary/aromatic N) is 4. The molecule has 1 aromatic heterocycles. The van der Waals surface area contributed by atoms with Crippen LogP contribution >= 0.6 is 12.2 Å². The van der Waals surface area contributed by atoms with Gasteiger partial charge in [0.2, 0.25) is 4.77 Å². The van der Waals surface area contributed by atoms with Crippen LogP contribution in [0.5, 0.6) is 5.75 Å². The molecule has 0 spiro atoms. The van der Waals surface area contributed by atoms with Crippen LogP contribution in [0.4, 0.5) is 0 Å². The van der Waals surface area contributed by atoms with Gasteiger partial charge in [0.05, 0.1) is 19.9 Å². The Morgan fingerprint density at radius 2 is 1.69 bits per heavy atom. The third-order valence-corrected chi connectivity index (χ3v) is 4.81. The van der Waals surface area contributed by atoms with E-state index in [0.717, 1.165) is 43.4 Å². The fourth-order valence-corrected chi connectivity index (χ4v) is 3.33. The lowest BCUT2D eigenvalue weighted by Crippen LogP contribution is -2.37. The van der Waals surface area contributed by atoms with E-state index in [1.807, 2.05) is 51.7 Å². The number of para-hydroxylation sites is 1. The van der Waals surface area contributed by atoms with Gasteiger partial charge in [0.25, 0.3) is 0 Å². The van der Waals surface area contributed by atoms with Crippen LogP contribution in [0.15, 0.2) is 54.6 Å². The summed E-state index contributed by atoms with van der Waals surface area (Å²) in [4.78, 5) is 2.28. The Bertz CT molecular complexity index is 928. The molecule has 1 aliphatic rings. The number of phenols is 1. The highest BCUT2D eigenvalue weighted by molar-refractivity contribution is 7.71. The molecule has 7 heteroatoms. The summed E-state index contributed by atoms with van der Waals surface area (Å²) < 4.78 is 9.90. The number of benzene rings is 2. The second kappa shape index (κ2) is 7.41. The molecular weight excluding hydrogens is 348 g/mol. The molecule has 26 heavy (non-hydrogen) atoms. The highest BCUT2D eigenvalue weighted by atomic mass is 32.1. The second-order valence-electron chi connectivity index (χ2n) is 6.20. The fraction of sp³-hybridized carbons (Fsp3) is 0.263. The van der Waals surface area contributed by atoms with E-state index in [-0.39, 0.29) is 5.75 Å². The van der Waals surface area contributed by atoms with Crippen molar-refractivity contribution >= 4 is 12.2 Å². The molecule has 1 N–H and O–H groups in total. The molecule has 1 saturated heterocycles. The predicted molar refractivity (Wildman–Crippen MR) is 102 cm³/mol. The number of morpholine rings is 1. The van der Waals surface area contributed by atoms with E-state index in [1.54, 1.807) is 12.1 Å². The number of ether oxygens (including phenoxy) is 1. The maximum atomic E-state index is 9.59. The van der Waals surface area contributed by atoms with Crippen LogP contribution in [0.25, 0.3) is 17.1 Å². The lowest BCUT2D eigenvalue weighted by Gasteiger charge is -2.26. The van der Waals surface area contributed by atoms with Crippen molar-refractivity contribution in [2.45, 2.75) is 6.67 Å². The quantitative estimate of drug-likeness (QED) is 0.718. The third kappa shape index (κ3) is 3.41. The van der Waals surface area contributed by atoms with Crippen LogP contribution in [0.2, 0.25) is 0 Å². The van der Waals surface area contributed by atoms with Crippen LogP contribution < -0.4 is 0 Å². The van der Waals surface area contributed by atoms with Crippen LogP contribution in [-0.2, 0) is 11.4 Å². The molecule has 0 radical (unpaired) electrons. The Morgan fingerprint density at radius 1 is 1.00 bits per heavy atom. The lowest BCUT2D eigenvalue weighted by molar-refractivity contribution is 0.0210. The molecule has 1 aliphatic heterocycles. The number of hydrogen-bond acceptors (Lipinski definition) is 5. The van der Waals surface area contributed by atoms with Crippen LogP contribution in [0.1, 0.15) is 0 Å². The summed E-state index contributed by atoms with van der Waals surface area (Å²) in [5, 5.41) is 14.4. The summed E-state index contributed by atoms with van der Waals surface area (Å²) in [5.41, 5.74) is 1.87. The normalized spacial score (nSPS) is 15.2. The molecule has 0 bridgehead atoms. The van der Waals surface area contributed by atoms with Gasteiger partial charge in [-0.25, -0.2) is 4.68 Å². The monoisotopic (exact) mass is 368 g/mol. The van der Waals surface area contributed by atoms with Crippen molar-refractivity contribution in [1.29, 1.82) is 0 Å². The van der Waals surface area contributed by atoms with E-state index in [1.165, 1.54) is 0 Å². The maximum Gasteiger partial charge on any atom is 0.204 e. The minimum atomic E-state index is 0.228. The minimum Gasteiger partial charge on any atom is -0.508 e. The summed E-state index contributed by atoms with van der Waals surface area (Å²) in [6.45, 7) is 3.84. The molecule has 2 aromatic carbocycles. The first-order valence-electron chi connectivity index (χ1n) is 8.57. The standard InChI is InChI=1S/C19H20N4O2S/c24-17-8-6-15(7-9-17)18-20-22(14-21-10-12-25-13-11-21)19(26)23(18)16-4-2-1-3-5-16/h1-9,24H,10-14H2. The molecule has 0 aliphatic carbocycles. The summed E-state index contributed by atoms with van der Waals surface area (Å²) in [6, 6.07) is 17.0. The van der Waals surface area contributed by atoms with E-state index in [0.29, 0.717) is 11.4 Å². The minimum absolute atomic E-state index is 0.228. The van der Waals surface area contributed by atoms with Crippen molar-refractivity contribution < 1.29 is 9.84 Å². The molecule has 6 nitrogen and oxygen atoms in total. The van der Waals surface area contributed by atoms with Gasteiger partial charge in [-0.2, -0.15) is 0 Å². The van der Waals surface area contributed by atoms with Crippen LogP contribution in [-0.4, -0.2) is 50.7 Å². The number of aromatic hydroxyl groups is 1. The zero-order chi connectivity index (χ0) is 17.9. The van der Waals surface area contributed by atoms with Crippen molar-refractivity contribution in [1.82, 2.24) is 19.2 Å². The van der Waals surface area contributed by atoms with E-state index < -0.39 is 0 Å². The van der Waals surface area contributed by atoms with E-state index in [4.69, 9.17) is 22.1 Å². The van der Waals surface area contributed by atoms with E-state index >= 15 is 0 Å². The number of aromatic nitrogens is 3. The Hall–Kier alpha value is -2.48. The van der Waals surface area contributed by atoms with Gasteiger partial charge in [-0.05, 0) is 48.6 Å². The number of rotatable bonds is 4. The average molecular weight is 368 g/mol. The first kappa shape index (κ1) is 17.0. The molecular formula is C19H20N4O2S. The molecule has 0 atom stereocenters. The van der Waals surface area contributed by atoms with E-state index in [2.05, 4.69) is 4.90 Å². The molecule has 0 unspecified atom stereocenters.